The predicted octanol–water partition coefficient (Wildman–Crippen LogP) is 1.31. The zero-order valence-corrected chi connectivity index (χ0v) is 14.3. The van der Waals surface area contributed by atoms with Crippen molar-refractivity contribution in [3.05, 3.63) is 18.2 Å². The van der Waals surface area contributed by atoms with Gasteiger partial charge in [0, 0.05) is 13.1 Å². The van der Waals surface area contributed by atoms with Crippen LogP contribution in [-0.4, -0.2) is 49.4 Å². The Kier molecular flexibility index (Phi) is 5.51. The van der Waals surface area contributed by atoms with Gasteiger partial charge in [-0.05, 0) is 12.1 Å². The van der Waals surface area contributed by atoms with Gasteiger partial charge < -0.3 is 15.8 Å². The predicted molar refractivity (Wildman–Crippen MR) is 85.5 cm³/mol. The highest BCUT2D eigenvalue weighted by Gasteiger charge is 2.31. The maximum Gasteiger partial charge on any atom is 0.573 e. The van der Waals surface area contributed by atoms with Gasteiger partial charge in [-0.25, -0.2) is 13.4 Å². The maximum atomic E-state index is 12.2. The lowest BCUT2D eigenvalue weighted by Crippen LogP contribution is -2.38. The fourth-order valence-electron chi connectivity index (χ4n) is 1.74. The minimum Gasteiger partial charge on any atom is -0.406 e. The van der Waals surface area contributed by atoms with Crippen molar-refractivity contribution in [3.63, 3.8) is 0 Å². The third kappa shape index (κ3) is 5.26. The van der Waals surface area contributed by atoms with E-state index in [1.807, 2.05) is 0 Å². The van der Waals surface area contributed by atoms with E-state index in [2.05, 4.69) is 15.0 Å². The van der Waals surface area contributed by atoms with Crippen LogP contribution in [0.4, 0.5) is 18.3 Å². The number of thiazole rings is 1. The van der Waals surface area contributed by atoms with Gasteiger partial charge in [0.25, 0.3) is 0 Å². The number of aromatic nitrogens is 1. The molecule has 0 spiro atoms. The number of carbonyl (C=O) groups excluding carboxylic acids is 1. The van der Waals surface area contributed by atoms with E-state index in [0.29, 0.717) is 10.2 Å². The summed E-state index contributed by atoms with van der Waals surface area (Å²) in [6.45, 7) is -0.474. The molecular weight excluding hydrogens is 385 g/mol. The first-order valence-electron chi connectivity index (χ1n) is 6.60. The zero-order chi connectivity index (χ0) is 18.8. The molecule has 1 heterocycles. The highest BCUT2D eigenvalue weighted by Crippen LogP contribution is 2.31. The normalized spacial score (nSPS) is 12.6. The fourth-order valence-corrected chi connectivity index (χ4v) is 3.22. The Bertz CT molecular complexity index is 882. The van der Waals surface area contributed by atoms with Gasteiger partial charge >= 0.3 is 6.36 Å². The number of alkyl halides is 3. The molecule has 13 heteroatoms. The molecule has 0 radical (unpaired) electrons. The van der Waals surface area contributed by atoms with Gasteiger partial charge in [-0.3, -0.25) is 4.79 Å². The molecule has 0 aliphatic heterocycles. The summed E-state index contributed by atoms with van der Waals surface area (Å²) in [5.74, 6) is -1.71. The lowest BCUT2D eigenvalue weighted by atomic mass is 10.3. The molecule has 0 saturated heterocycles. The molecule has 2 aromatic rings. The Morgan fingerprint density at radius 2 is 2.12 bits per heavy atom. The summed E-state index contributed by atoms with van der Waals surface area (Å²) in [7, 11) is -2.53. The Balaban J connectivity index is 2.10. The maximum absolute atomic E-state index is 12.2. The Morgan fingerprint density at radius 3 is 2.72 bits per heavy atom. The van der Waals surface area contributed by atoms with E-state index >= 15 is 0 Å². The van der Waals surface area contributed by atoms with Crippen LogP contribution in [0.5, 0.6) is 5.75 Å². The molecule has 2 rings (SSSR count). The van der Waals surface area contributed by atoms with Crippen molar-refractivity contribution in [2.45, 2.75) is 6.36 Å². The molecule has 138 valence electrons. The van der Waals surface area contributed by atoms with Crippen LogP contribution in [0.15, 0.2) is 18.2 Å². The topological polar surface area (TPSA) is 115 Å². The number of nitrogens with two attached hydrogens (primary N) is 1. The van der Waals surface area contributed by atoms with E-state index in [4.69, 9.17) is 5.73 Å². The number of anilines is 1. The second-order valence-electron chi connectivity index (χ2n) is 4.78. The van der Waals surface area contributed by atoms with Crippen LogP contribution in [0, 0.1) is 0 Å². The first-order chi connectivity index (χ1) is 11.5. The van der Waals surface area contributed by atoms with Gasteiger partial charge in [0.2, 0.25) is 15.9 Å². The summed E-state index contributed by atoms with van der Waals surface area (Å²) >= 11 is 0.923. The Hall–Kier alpha value is -1.96. The molecule has 8 nitrogen and oxygen atoms in total. The summed E-state index contributed by atoms with van der Waals surface area (Å²) in [5, 5.41) is 2.50. The molecule has 1 aromatic carbocycles. The van der Waals surface area contributed by atoms with Crippen molar-refractivity contribution in [2.75, 3.05) is 24.8 Å². The van der Waals surface area contributed by atoms with E-state index in [1.165, 1.54) is 13.1 Å². The van der Waals surface area contributed by atoms with Crippen LogP contribution in [0.3, 0.4) is 0 Å². The number of ether oxygens (including phenoxy) is 1. The largest absolute Gasteiger partial charge is 0.573 e. The number of hydrogen-bond acceptors (Lipinski definition) is 7. The van der Waals surface area contributed by atoms with E-state index in [1.54, 1.807) is 0 Å². The minimum atomic E-state index is -4.81. The number of likely N-dealkylation sites (N-methyl/N-ethyl adjacent to an activating group) is 1. The second-order valence-corrected chi connectivity index (χ2v) is 7.93. The van der Waals surface area contributed by atoms with Crippen molar-refractivity contribution in [1.82, 2.24) is 9.29 Å². The van der Waals surface area contributed by atoms with Gasteiger partial charge in [-0.15, -0.1) is 13.2 Å². The molecule has 0 fully saturated rings. The van der Waals surface area contributed by atoms with Gasteiger partial charge in [0.15, 0.2) is 5.13 Å². The van der Waals surface area contributed by atoms with Gasteiger partial charge in [-0.2, -0.15) is 4.31 Å². The monoisotopic (exact) mass is 398 g/mol. The lowest BCUT2D eigenvalue weighted by Gasteiger charge is -2.14. The van der Waals surface area contributed by atoms with E-state index in [9.17, 15) is 26.4 Å². The minimum absolute atomic E-state index is 0.114. The average molecular weight is 398 g/mol. The first-order valence-corrected chi connectivity index (χ1v) is 9.03. The number of benzene rings is 1. The molecule has 0 aliphatic carbocycles. The van der Waals surface area contributed by atoms with E-state index < -0.39 is 40.5 Å². The number of halogens is 3. The Labute approximate surface area is 144 Å². The number of nitrogens with zero attached hydrogens (tertiary/aromatic N) is 2. The van der Waals surface area contributed by atoms with Crippen LogP contribution in [-0.2, 0) is 14.8 Å². The molecule has 0 bridgehead atoms. The van der Waals surface area contributed by atoms with E-state index in [0.717, 1.165) is 27.8 Å². The number of carbonyl (C=O) groups is 1. The molecular formula is C12H13F3N4O4S2. The molecule has 0 saturated carbocycles. The van der Waals surface area contributed by atoms with Crippen LogP contribution in [0.2, 0.25) is 0 Å². The summed E-state index contributed by atoms with van der Waals surface area (Å²) in [5.41, 5.74) is 5.44. The standard InChI is InChI=1S/C12H13F3N4O4S2/c1-19(25(21,22)6-16)5-10(20)18-11-17-8-3-2-7(4-9(8)24-11)23-12(13,14)15/h2-4H,5-6,16H2,1H3,(H,17,18,20). The van der Waals surface area contributed by atoms with Crippen LogP contribution < -0.4 is 15.8 Å². The van der Waals surface area contributed by atoms with Crippen LogP contribution in [0.1, 0.15) is 0 Å². The number of amides is 1. The molecule has 0 unspecified atom stereocenters. The van der Waals surface area contributed by atoms with Crippen molar-refractivity contribution < 1.29 is 31.1 Å². The van der Waals surface area contributed by atoms with Gasteiger partial charge in [0.05, 0.1) is 16.8 Å². The first kappa shape index (κ1) is 19.4. The summed E-state index contributed by atoms with van der Waals surface area (Å²) < 4.78 is 64.6. The Morgan fingerprint density at radius 1 is 1.44 bits per heavy atom. The van der Waals surface area contributed by atoms with Crippen molar-refractivity contribution in [1.29, 1.82) is 0 Å². The number of nitrogens with one attached hydrogen (secondary N) is 1. The van der Waals surface area contributed by atoms with E-state index in [-0.39, 0.29) is 5.13 Å². The molecule has 25 heavy (non-hydrogen) atoms. The number of fused-ring (bicyclic) bond motifs is 1. The molecule has 1 amide bonds. The third-order valence-corrected chi connectivity index (χ3v) is 5.33. The molecule has 3 N–H and O–H groups in total. The van der Waals surface area contributed by atoms with Crippen molar-refractivity contribution >= 4 is 42.6 Å². The third-order valence-electron chi connectivity index (χ3n) is 2.89. The fraction of sp³-hybridized carbons (Fsp3) is 0.333. The van der Waals surface area contributed by atoms with Crippen LogP contribution >= 0.6 is 11.3 Å². The smallest absolute Gasteiger partial charge is 0.406 e. The zero-order valence-electron chi connectivity index (χ0n) is 12.7. The summed E-state index contributed by atoms with van der Waals surface area (Å²) in [6.07, 6.45) is -4.81. The summed E-state index contributed by atoms with van der Waals surface area (Å²) in [4.78, 5) is 15.9. The number of hydrogen-bond donors (Lipinski definition) is 2. The average Bonchev–Trinajstić information content (AvgIpc) is 2.86. The molecule has 1 aromatic heterocycles. The number of sulfonamides is 1. The lowest BCUT2D eigenvalue weighted by molar-refractivity contribution is -0.274. The molecule has 0 atom stereocenters. The highest BCUT2D eigenvalue weighted by molar-refractivity contribution is 7.89. The quantitative estimate of drug-likeness (QED) is 0.758. The van der Waals surface area contributed by atoms with Crippen molar-refractivity contribution in [2.24, 2.45) is 5.73 Å². The molecule has 0 aliphatic rings. The number of rotatable bonds is 6. The summed E-state index contributed by atoms with van der Waals surface area (Å²) in [6, 6.07) is 3.55. The SMILES string of the molecule is CN(CC(=O)Nc1nc2ccc(OC(F)(F)F)cc2s1)S(=O)(=O)CN. The van der Waals surface area contributed by atoms with Gasteiger partial charge in [0.1, 0.15) is 11.6 Å². The van der Waals surface area contributed by atoms with Crippen LogP contribution in [0.25, 0.3) is 10.2 Å². The van der Waals surface area contributed by atoms with Gasteiger partial charge in [-0.1, -0.05) is 11.3 Å². The highest BCUT2D eigenvalue weighted by atomic mass is 32.2. The second kappa shape index (κ2) is 7.11. The van der Waals surface area contributed by atoms with Crippen molar-refractivity contribution in [3.8, 4) is 5.75 Å².